The molecule has 38 heavy (non-hydrogen) atoms. The van der Waals surface area contributed by atoms with E-state index in [2.05, 4.69) is 12.2 Å². The number of ether oxygens (including phenoxy) is 3. The molecule has 1 aromatic rings. The number of hydrogen-bond acceptors (Lipinski definition) is 4. The van der Waals surface area contributed by atoms with Crippen molar-refractivity contribution in [3.8, 4) is 0 Å². The standard InChI is InChI=1S/C27H43F5N2O4/c1-8-9-10-11-12-13-14-19(27(36-16(2)3,37-17(4)5)38-18(6)7)15-33-26(35)34-25-23(31)21(29)20(28)22(30)24(25)32/h16-19H,8-15H2,1-7H3,(H2,33,34,35). The van der Waals surface area contributed by atoms with Gasteiger partial charge < -0.3 is 24.8 Å². The Labute approximate surface area is 223 Å². The fraction of sp³-hybridized carbons (Fsp3) is 0.741. The van der Waals surface area contributed by atoms with E-state index in [1.807, 2.05) is 41.5 Å². The molecular formula is C27H43F5N2O4. The topological polar surface area (TPSA) is 68.8 Å². The van der Waals surface area contributed by atoms with Crippen LogP contribution in [0.1, 0.15) is 93.4 Å². The van der Waals surface area contributed by atoms with Crippen molar-refractivity contribution in [2.75, 3.05) is 11.9 Å². The maximum absolute atomic E-state index is 14.1. The van der Waals surface area contributed by atoms with E-state index in [0.29, 0.717) is 6.42 Å². The van der Waals surface area contributed by atoms with Crippen molar-refractivity contribution < 1.29 is 41.0 Å². The smallest absolute Gasteiger partial charge is 0.319 e. The maximum atomic E-state index is 14.1. The SMILES string of the molecule is CCCCCCCCC(CNC(=O)Nc1c(F)c(F)c(F)c(F)c1F)C(OC(C)C)(OC(C)C)OC(C)C. The zero-order chi connectivity index (χ0) is 29.0. The lowest BCUT2D eigenvalue weighted by atomic mass is 9.96. The molecule has 220 valence electrons. The van der Waals surface area contributed by atoms with Crippen LogP contribution in [-0.2, 0) is 14.2 Å². The summed E-state index contributed by atoms with van der Waals surface area (Å²) in [5, 5.41) is 4.20. The molecule has 2 N–H and O–H groups in total. The number of benzene rings is 1. The lowest BCUT2D eigenvalue weighted by Gasteiger charge is -2.43. The Bertz CT molecular complexity index is 828. The van der Waals surface area contributed by atoms with E-state index in [-0.39, 0.29) is 24.9 Å². The number of hydrogen-bond donors (Lipinski definition) is 2. The summed E-state index contributed by atoms with van der Waals surface area (Å²) >= 11 is 0. The van der Waals surface area contributed by atoms with Crippen LogP contribution in [0.25, 0.3) is 0 Å². The average Bonchev–Trinajstić information content (AvgIpc) is 2.81. The summed E-state index contributed by atoms with van der Waals surface area (Å²) in [5.41, 5.74) is -1.44. The van der Waals surface area contributed by atoms with Gasteiger partial charge in [0.15, 0.2) is 23.3 Å². The van der Waals surface area contributed by atoms with Crippen LogP contribution in [0.3, 0.4) is 0 Å². The Morgan fingerprint density at radius 1 is 0.711 bits per heavy atom. The van der Waals surface area contributed by atoms with Crippen LogP contribution in [0.4, 0.5) is 32.4 Å². The first-order chi connectivity index (χ1) is 17.8. The first-order valence-electron chi connectivity index (χ1n) is 13.3. The van der Waals surface area contributed by atoms with Crippen molar-refractivity contribution in [2.24, 2.45) is 5.92 Å². The van der Waals surface area contributed by atoms with Gasteiger partial charge in [-0.05, 0) is 48.0 Å². The largest absolute Gasteiger partial charge is 0.337 e. The van der Waals surface area contributed by atoms with Crippen molar-refractivity contribution in [2.45, 2.75) is 118 Å². The predicted molar refractivity (Wildman–Crippen MR) is 136 cm³/mol. The van der Waals surface area contributed by atoms with Crippen LogP contribution in [0, 0.1) is 35.0 Å². The first-order valence-corrected chi connectivity index (χ1v) is 13.3. The van der Waals surface area contributed by atoms with Crippen molar-refractivity contribution in [1.29, 1.82) is 0 Å². The number of anilines is 1. The van der Waals surface area contributed by atoms with E-state index >= 15 is 0 Å². The number of halogens is 5. The molecule has 1 unspecified atom stereocenters. The molecule has 0 spiro atoms. The number of unbranched alkanes of at least 4 members (excludes halogenated alkanes) is 5. The molecule has 1 atom stereocenters. The minimum atomic E-state index is -2.31. The van der Waals surface area contributed by atoms with E-state index in [1.54, 1.807) is 5.32 Å². The fourth-order valence-corrected chi connectivity index (χ4v) is 4.02. The van der Waals surface area contributed by atoms with E-state index in [1.165, 1.54) is 0 Å². The molecule has 1 rings (SSSR count). The summed E-state index contributed by atoms with van der Waals surface area (Å²) in [7, 11) is 0. The summed E-state index contributed by atoms with van der Waals surface area (Å²) in [4.78, 5) is 12.6. The third-order valence-electron chi connectivity index (χ3n) is 5.56. The van der Waals surface area contributed by atoms with Crippen molar-refractivity contribution in [3.05, 3.63) is 29.1 Å². The van der Waals surface area contributed by atoms with Crippen LogP contribution in [-0.4, -0.2) is 36.9 Å². The summed E-state index contributed by atoms with van der Waals surface area (Å²) < 4.78 is 87.1. The number of carbonyl (C=O) groups is 1. The number of carbonyl (C=O) groups excluding carboxylic acids is 1. The van der Waals surface area contributed by atoms with Gasteiger partial charge in [0.25, 0.3) is 5.97 Å². The molecule has 6 nitrogen and oxygen atoms in total. The second kappa shape index (κ2) is 16.2. The van der Waals surface area contributed by atoms with Crippen LogP contribution >= 0.6 is 0 Å². The number of urea groups is 1. The highest BCUT2D eigenvalue weighted by molar-refractivity contribution is 5.89. The zero-order valence-electron chi connectivity index (χ0n) is 23.5. The lowest BCUT2D eigenvalue weighted by Crippen LogP contribution is -2.54. The van der Waals surface area contributed by atoms with Gasteiger partial charge in [-0.1, -0.05) is 45.4 Å². The first kappa shape index (κ1) is 34.0. The molecule has 0 fully saturated rings. The van der Waals surface area contributed by atoms with Crippen LogP contribution < -0.4 is 10.6 Å². The Hall–Kier alpha value is -1.98. The van der Waals surface area contributed by atoms with Crippen molar-refractivity contribution in [3.63, 3.8) is 0 Å². The van der Waals surface area contributed by atoms with Gasteiger partial charge in [0, 0.05) is 6.54 Å². The van der Waals surface area contributed by atoms with Crippen molar-refractivity contribution in [1.82, 2.24) is 5.32 Å². The molecule has 2 amide bonds. The Balaban J connectivity index is 3.19. The Morgan fingerprint density at radius 3 is 1.58 bits per heavy atom. The van der Waals surface area contributed by atoms with Crippen LogP contribution in [0.2, 0.25) is 0 Å². The molecule has 0 saturated carbocycles. The van der Waals surface area contributed by atoms with Gasteiger partial charge in [0.2, 0.25) is 5.82 Å². The van der Waals surface area contributed by atoms with E-state index < -0.39 is 52.7 Å². The molecule has 0 aromatic heterocycles. The van der Waals surface area contributed by atoms with Gasteiger partial charge in [-0.2, -0.15) is 0 Å². The molecule has 0 aliphatic carbocycles. The predicted octanol–water partition coefficient (Wildman–Crippen LogP) is 7.80. The van der Waals surface area contributed by atoms with Crippen LogP contribution in [0.5, 0.6) is 0 Å². The van der Waals surface area contributed by atoms with Gasteiger partial charge in [-0.3, -0.25) is 0 Å². The summed E-state index contributed by atoms with van der Waals surface area (Å²) in [5.74, 6) is -13.0. The molecule has 0 aliphatic heterocycles. The third kappa shape index (κ3) is 10.3. The highest BCUT2D eigenvalue weighted by Crippen LogP contribution is 2.34. The number of rotatable bonds is 17. The monoisotopic (exact) mass is 554 g/mol. The minimum Gasteiger partial charge on any atom is -0.337 e. The van der Waals surface area contributed by atoms with Gasteiger partial charge in [-0.25, -0.2) is 26.7 Å². The van der Waals surface area contributed by atoms with Crippen LogP contribution in [0.15, 0.2) is 0 Å². The minimum absolute atomic E-state index is 0.123. The fourth-order valence-electron chi connectivity index (χ4n) is 4.02. The molecule has 0 saturated heterocycles. The summed E-state index contributed by atoms with van der Waals surface area (Å²) in [6, 6.07) is -1.16. The molecule has 0 heterocycles. The molecule has 0 aliphatic rings. The zero-order valence-corrected chi connectivity index (χ0v) is 23.5. The number of nitrogens with one attached hydrogen (secondary N) is 2. The summed E-state index contributed by atoms with van der Waals surface area (Å²) in [6.45, 7) is 12.9. The Morgan fingerprint density at radius 2 is 1.13 bits per heavy atom. The summed E-state index contributed by atoms with van der Waals surface area (Å²) in [6.07, 6.45) is 5.63. The van der Waals surface area contributed by atoms with E-state index in [0.717, 1.165) is 38.5 Å². The second-order valence-corrected chi connectivity index (χ2v) is 10.1. The van der Waals surface area contributed by atoms with Gasteiger partial charge in [0.05, 0.1) is 24.2 Å². The second-order valence-electron chi connectivity index (χ2n) is 10.1. The Kier molecular flexibility index (Phi) is 14.5. The highest BCUT2D eigenvalue weighted by atomic mass is 19.2. The van der Waals surface area contributed by atoms with E-state index in [4.69, 9.17) is 14.2 Å². The average molecular weight is 555 g/mol. The molecule has 1 aromatic carbocycles. The lowest BCUT2D eigenvalue weighted by molar-refractivity contribution is -0.431. The normalized spacial score (nSPS) is 13.0. The molecule has 0 radical (unpaired) electrons. The van der Waals surface area contributed by atoms with Crippen molar-refractivity contribution >= 4 is 11.7 Å². The molecule has 11 heteroatoms. The quantitative estimate of drug-likeness (QED) is 0.0678. The van der Waals surface area contributed by atoms with Gasteiger partial charge in [0.1, 0.15) is 5.69 Å². The maximum Gasteiger partial charge on any atom is 0.319 e. The number of amides is 2. The van der Waals surface area contributed by atoms with Gasteiger partial charge in [-0.15, -0.1) is 0 Å². The van der Waals surface area contributed by atoms with Gasteiger partial charge >= 0.3 is 6.03 Å². The molecule has 0 bridgehead atoms. The highest BCUT2D eigenvalue weighted by Gasteiger charge is 2.45. The molecular weight excluding hydrogens is 511 g/mol. The van der Waals surface area contributed by atoms with E-state index in [9.17, 15) is 26.7 Å². The third-order valence-corrected chi connectivity index (χ3v) is 5.56.